The van der Waals surface area contributed by atoms with Gasteiger partial charge >= 0.3 is 0 Å². The monoisotopic (exact) mass is 400 g/mol. The summed E-state index contributed by atoms with van der Waals surface area (Å²) in [5.74, 6) is 0.512. The highest BCUT2D eigenvalue weighted by molar-refractivity contribution is 6.36. The van der Waals surface area contributed by atoms with Crippen LogP contribution >= 0.6 is 23.2 Å². The van der Waals surface area contributed by atoms with Crippen LogP contribution in [0.2, 0.25) is 10.0 Å². The molecule has 2 aromatic carbocycles. The van der Waals surface area contributed by atoms with E-state index in [0.29, 0.717) is 16.0 Å². The van der Waals surface area contributed by atoms with Crippen molar-refractivity contribution >= 4 is 40.5 Å². The average Bonchev–Trinajstić information content (AvgIpc) is 2.69. The lowest BCUT2D eigenvalue weighted by molar-refractivity contribution is 0.122. The third kappa shape index (κ3) is 4.33. The van der Waals surface area contributed by atoms with E-state index in [4.69, 9.17) is 27.9 Å². The van der Waals surface area contributed by atoms with Gasteiger partial charge in [-0.15, -0.1) is 0 Å². The Hall–Kier alpha value is -2.34. The maximum absolute atomic E-state index is 6.29. The van der Waals surface area contributed by atoms with Crippen LogP contribution in [0.15, 0.2) is 54.7 Å². The van der Waals surface area contributed by atoms with Crippen LogP contribution in [0.1, 0.15) is 0 Å². The van der Waals surface area contributed by atoms with E-state index in [1.807, 2.05) is 24.3 Å². The topological polar surface area (TPSA) is 50.3 Å². The smallest absolute Gasteiger partial charge is 0.227 e. The van der Waals surface area contributed by atoms with Crippen LogP contribution < -0.4 is 10.2 Å². The first kappa shape index (κ1) is 18.0. The van der Waals surface area contributed by atoms with Crippen molar-refractivity contribution in [1.29, 1.82) is 0 Å². The van der Waals surface area contributed by atoms with Gasteiger partial charge < -0.3 is 15.0 Å². The van der Waals surface area contributed by atoms with Gasteiger partial charge in [0, 0.05) is 41.2 Å². The van der Waals surface area contributed by atoms with Crippen LogP contribution in [-0.2, 0) is 4.74 Å². The van der Waals surface area contributed by atoms with Gasteiger partial charge in [0.25, 0.3) is 0 Å². The zero-order valence-electron chi connectivity index (χ0n) is 14.5. The minimum Gasteiger partial charge on any atom is -0.378 e. The molecule has 0 unspecified atom stereocenters. The van der Waals surface area contributed by atoms with Gasteiger partial charge in [-0.05, 0) is 48.5 Å². The van der Waals surface area contributed by atoms with E-state index in [-0.39, 0.29) is 0 Å². The predicted molar refractivity (Wildman–Crippen MR) is 110 cm³/mol. The Labute approximate surface area is 167 Å². The average molecular weight is 401 g/mol. The fourth-order valence-electron chi connectivity index (χ4n) is 2.97. The van der Waals surface area contributed by atoms with Crippen LogP contribution in [-0.4, -0.2) is 36.3 Å². The highest BCUT2D eigenvalue weighted by Gasteiger charge is 2.11. The van der Waals surface area contributed by atoms with Gasteiger partial charge in [-0.3, -0.25) is 0 Å². The molecule has 4 rings (SSSR count). The zero-order chi connectivity index (χ0) is 18.6. The first-order valence-corrected chi connectivity index (χ1v) is 9.43. The summed E-state index contributed by atoms with van der Waals surface area (Å²) < 4.78 is 5.40. The second kappa shape index (κ2) is 8.13. The molecule has 0 bridgehead atoms. The van der Waals surface area contributed by atoms with Crippen molar-refractivity contribution in [3.05, 3.63) is 64.8 Å². The molecule has 3 aromatic rings. The van der Waals surface area contributed by atoms with Crippen molar-refractivity contribution in [2.75, 3.05) is 36.5 Å². The number of ether oxygens (including phenoxy) is 1. The van der Waals surface area contributed by atoms with Crippen LogP contribution in [0.4, 0.5) is 17.3 Å². The summed E-state index contributed by atoms with van der Waals surface area (Å²) in [7, 11) is 0. The first-order valence-electron chi connectivity index (χ1n) is 8.67. The Morgan fingerprint density at radius 1 is 0.963 bits per heavy atom. The van der Waals surface area contributed by atoms with E-state index in [0.717, 1.165) is 43.2 Å². The second-order valence-electron chi connectivity index (χ2n) is 6.16. The lowest BCUT2D eigenvalue weighted by Crippen LogP contribution is -2.36. The molecule has 1 fully saturated rings. The largest absolute Gasteiger partial charge is 0.378 e. The number of nitrogens with one attached hydrogen (secondary N) is 1. The predicted octanol–water partition coefficient (Wildman–Crippen LogP) is 5.03. The zero-order valence-corrected chi connectivity index (χ0v) is 16.0. The van der Waals surface area contributed by atoms with Gasteiger partial charge in [-0.25, -0.2) is 9.97 Å². The Morgan fingerprint density at radius 2 is 1.74 bits per heavy atom. The molecule has 0 saturated carbocycles. The van der Waals surface area contributed by atoms with E-state index in [2.05, 4.69) is 32.3 Å². The molecule has 1 N–H and O–H groups in total. The molecule has 0 spiro atoms. The molecule has 138 valence electrons. The highest BCUT2D eigenvalue weighted by Crippen LogP contribution is 2.29. The van der Waals surface area contributed by atoms with E-state index in [1.165, 1.54) is 5.69 Å². The van der Waals surface area contributed by atoms with Gasteiger partial charge in [-0.1, -0.05) is 23.2 Å². The maximum atomic E-state index is 6.29. The van der Waals surface area contributed by atoms with Gasteiger partial charge in [0.1, 0.15) is 0 Å². The lowest BCUT2D eigenvalue weighted by Gasteiger charge is -2.28. The molecule has 1 aliphatic heterocycles. The quantitative estimate of drug-likeness (QED) is 0.665. The molecule has 7 heteroatoms. The van der Waals surface area contributed by atoms with Gasteiger partial charge in [-0.2, -0.15) is 0 Å². The Morgan fingerprint density at radius 3 is 2.48 bits per heavy atom. The summed E-state index contributed by atoms with van der Waals surface area (Å²) in [4.78, 5) is 11.2. The minimum atomic E-state index is 0.512. The normalized spacial score (nSPS) is 14.2. The molecule has 0 atom stereocenters. The van der Waals surface area contributed by atoms with Crippen LogP contribution in [0.25, 0.3) is 11.3 Å². The number of rotatable bonds is 4. The number of anilines is 3. The van der Waals surface area contributed by atoms with Crippen molar-refractivity contribution in [2.24, 2.45) is 0 Å². The number of nitrogens with zero attached hydrogens (tertiary/aromatic N) is 3. The molecule has 0 aliphatic carbocycles. The summed E-state index contributed by atoms with van der Waals surface area (Å²) >= 11 is 12.3. The van der Waals surface area contributed by atoms with Crippen LogP contribution in [0, 0.1) is 0 Å². The highest BCUT2D eigenvalue weighted by atomic mass is 35.5. The molecule has 1 aliphatic rings. The summed E-state index contributed by atoms with van der Waals surface area (Å²) in [5.41, 5.74) is 3.66. The van der Waals surface area contributed by atoms with Crippen molar-refractivity contribution in [2.45, 2.75) is 0 Å². The van der Waals surface area contributed by atoms with E-state index < -0.39 is 0 Å². The third-order valence-electron chi connectivity index (χ3n) is 4.36. The summed E-state index contributed by atoms with van der Waals surface area (Å²) in [6.07, 6.45) is 1.71. The fourth-order valence-corrected chi connectivity index (χ4v) is 3.48. The minimum absolute atomic E-state index is 0.512. The maximum Gasteiger partial charge on any atom is 0.227 e. The number of morpholine rings is 1. The standard InChI is InChI=1S/C20H18Cl2N4O/c21-14-1-6-17(18(22)13-14)19-7-8-23-20(25-19)24-15-2-4-16(5-3-15)26-9-11-27-12-10-26/h1-8,13H,9-12H2,(H,23,24,25). The molecule has 1 aromatic heterocycles. The number of hydrogen-bond donors (Lipinski definition) is 1. The molecule has 0 radical (unpaired) electrons. The Balaban J connectivity index is 1.51. The summed E-state index contributed by atoms with van der Waals surface area (Å²) in [5, 5.41) is 4.39. The van der Waals surface area contributed by atoms with E-state index >= 15 is 0 Å². The van der Waals surface area contributed by atoms with Crippen molar-refractivity contribution in [3.63, 3.8) is 0 Å². The number of aromatic nitrogens is 2. The molecular weight excluding hydrogens is 383 g/mol. The molecule has 5 nitrogen and oxygen atoms in total. The summed E-state index contributed by atoms with van der Waals surface area (Å²) in [6.45, 7) is 3.38. The van der Waals surface area contributed by atoms with E-state index in [1.54, 1.807) is 18.3 Å². The molecule has 1 saturated heterocycles. The Bertz CT molecular complexity index is 928. The van der Waals surface area contributed by atoms with Crippen LogP contribution in [0.5, 0.6) is 0 Å². The fraction of sp³-hybridized carbons (Fsp3) is 0.200. The lowest BCUT2D eigenvalue weighted by atomic mass is 10.1. The molecule has 27 heavy (non-hydrogen) atoms. The van der Waals surface area contributed by atoms with Gasteiger partial charge in [0.05, 0.1) is 23.9 Å². The third-order valence-corrected chi connectivity index (χ3v) is 4.91. The van der Waals surface area contributed by atoms with Crippen molar-refractivity contribution in [1.82, 2.24) is 9.97 Å². The van der Waals surface area contributed by atoms with Crippen molar-refractivity contribution in [3.8, 4) is 11.3 Å². The number of benzene rings is 2. The number of hydrogen-bond acceptors (Lipinski definition) is 5. The second-order valence-corrected chi connectivity index (χ2v) is 7.00. The summed E-state index contributed by atoms with van der Waals surface area (Å²) in [6, 6.07) is 15.4. The molecule has 0 amide bonds. The van der Waals surface area contributed by atoms with Gasteiger partial charge in [0.2, 0.25) is 5.95 Å². The SMILES string of the molecule is Clc1ccc(-c2ccnc(Nc3ccc(N4CCOCC4)cc3)n2)c(Cl)c1. The number of halogens is 2. The Kier molecular flexibility index (Phi) is 5.43. The van der Waals surface area contributed by atoms with Crippen LogP contribution in [0.3, 0.4) is 0 Å². The first-order chi connectivity index (χ1) is 13.2. The van der Waals surface area contributed by atoms with Gasteiger partial charge in [0.15, 0.2) is 0 Å². The van der Waals surface area contributed by atoms with Crippen molar-refractivity contribution < 1.29 is 4.74 Å². The van der Waals surface area contributed by atoms with E-state index in [9.17, 15) is 0 Å². The molecule has 2 heterocycles. The molecular formula is C20H18Cl2N4O.